The summed E-state index contributed by atoms with van der Waals surface area (Å²) < 4.78 is 4.81. The molecular formula is C14H20N2O3S. The molecule has 2 fully saturated rings. The maximum absolute atomic E-state index is 11.8. The lowest BCUT2D eigenvalue weighted by Crippen LogP contribution is -2.29. The molecule has 0 spiro atoms. The van der Waals surface area contributed by atoms with Gasteiger partial charge in [-0.3, -0.25) is 0 Å². The van der Waals surface area contributed by atoms with E-state index in [0.717, 1.165) is 36.4 Å². The number of hydrogen-bond acceptors (Lipinski definition) is 6. The first-order valence-electron chi connectivity index (χ1n) is 6.91. The summed E-state index contributed by atoms with van der Waals surface area (Å²) in [5, 5.41) is 11.2. The summed E-state index contributed by atoms with van der Waals surface area (Å²) in [6.07, 6.45) is 2.99. The number of anilines is 2. The third kappa shape index (κ3) is 2.27. The summed E-state index contributed by atoms with van der Waals surface area (Å²) in [5.41, 5.74) is 7.18. The van der Waals surface area contributed by atoms with Crippen molar-refractivity contribution in [2.75, 3.05) is 30.8 Å². The SMILES string of the molecule is COC(=O)c1sc(N2CCC(C)(O)C2)c(C2CC2)c1N. The van der Waals surface area contributed by atoms with Crippen molar-refractivity contribution in [1.82, 2.24) is 0 Å². The predicted octanol–water partition coefficient (Wildman–Crippen LogP) is 1.96. The zero-order valence-corrected chi connectivity index (χ0v) is 12.6. The van der Waals surface area contributed by atoms with E-state index in [2.05, 4.69) is 4.90 Å². The van der Waals surface area contributed by atoms with Crippen LogP contribution in [0.25, 0.3) is 0 Å². The number of aliphatic hydroxyl groups is 1. The fraction of sp³-hybridized carbons (Fsp3) is 0.643. The van der Waals surface area contributed by atoms with Crippen molar-refractivity contribution in [3.63, 3.8) is 0 Å². The molecule has 5 nitrogen and oxygen atoms in total. The number of carbonyl (C=O) groups is 1. The smallest absolute Gasteiger partial charge is 0.350 e. The summed E-state index contributed by atoms with van der Waals surface area (Å²) in [4.78, 5) is 14.5. The number of nitrogen functional groups attached to an aromatic ring is 1. The van der Waals surface area contributed by atoms with Gasteiger partial charge in [-0.05, 0) is 32.1 Å². The van der Waals surface area contributed by atoms with Crippen LogP contribution in [0, 0.1) is 0 Å². The van der Waals surface area contributed by atoms with Crippen LogP contribution in [-0.2, 0) is 4.74 Å². The highest BCUT2D eigenvalue weighted by Gasteiger charge is 2.39. The Morgan fingerprint density at radius 2 is 2.25 bits per heavy atom. The van der Waals surface area contributed by atoms with Gasteiger partial charge in [0.2, 0.25) is 0 Å². The number of esters is 1. The van der Waals surface area contributed by atoms with E-state index in [0.29, 0.717) is 23.0 Å². The molecule has 1 unspecified atom stereocenters. The largest absolute Gasteiger partial charge is 0.465 e. The Morgan fingerprint density at radius 1 is 1.55 bits per heavy atom. The number of thiophene rings is 1. The van der Waals surface area contributed by atoms with Crippen LogP contribution >= 0.6 is 11.3 Å². The number of ether oxygens (including phenoxy) is 1. The third-order valence-electron chi connectivity index (χ3n) is 4.06. The van der Waals surface area contributed by atoms with Gasteiger partial charge in [0.05, 0.1) is 23.4 Å². The molecule has 110 valence electrons. The van der Waals surface area contributed by atoms with Crippen molar-refractivity contribution in [2.45, 2.75) is 37.7 Å². The van der Waals surface area contributed by atoms with Gasteiger partial charge in [-0.1, -0.05) is 0 Å². The van der Waals surface area contributed by atoms with Gasteiger partial charge in [0.15, 0.2) is 0 Å². The summed E-state index contributed by atoms with van der Waals surface area (Å²) >= 11 is 1.40. The van der Waals surface area contributed by atoms with Crippen molar-refractivity contribution in [3.8, 4) is 0 Å². The molecule has 2 heterocycles. The van der Waals surface area contributed by atoms with E-state index in [9.17, 15) is 9.90 Å². The number of hydrogen-bond donors (Lipinski definition) is 2. The minimum absolute atomic E-state index is 0.369. The highest BCUT2D eigenvalue weighted by atomic mass is 32.1. The van der Waals surface area contributed by atoms with Gasteiger partial charge in [0.1, 0.15) is 4.88 Å². The Morgan fingerprint density at radius 3 is 2.75 bits per heavy atom. The molecule has 1 aromatic rings. The first kappa shape index (κ1) is 13.7. The third-order valence-corrected chi connectivity index (χ3v) is 5.32. The Balaban J connectivity index is 1.99. The van der Waals surface area contributed by atoms with Crippen molar-refractivity contribution < 1.29 is 14.6 Å². The van der Waals surface area contributed by atoms with E-state index >= 15 is 0 Å². The normalized spacial score (nSPS) is 26.1. The maximum atomic E-state index is 11.8. The van der Waals surface area contributed by atoms with Crippen molar-refractivity contribution in [3.05, 3.63) is 10.4 Å². The topological polar surface area (TPSA) is 75.8 Å². The molecule has 1 saturated carbocycles. The molecule has 6 heteroatoms. The second-order valence-corrected chi connectivity index (χ2v) is 7.00. The molecule has 3 N–H and O–H groups in total. The van der Waals surface area contributed by atoms with E-state index in [1.165, 1.54) is 18.4 Å². The van der Waals surface area contributed by atoms with Gasteiger partial charge in [0, 0.05) is 18.7 Å². The first-order valence-corrected chi connectivity index (χ1v) is 7.72. The Labute approximate surface area is 122 Å². The summed E-state index contributed by atoms with van der Waals surface area (Å²) in [5.74, 6) is 0.0943. The van der Waals surface area contributed by atoms with Gasteiger partial charge in [-0.25, -0.2) is 4.79 Å². The standard InChI is InChI=1S/C14H20N2O3S/c1-14(18)5-6-16(7-14)12-9(8-3-4-8)10(15)11(20-12)13(17)19-2/h8,18H,3-7,15H2,1-2H3. The Hall–Kier alpha value is -1.27. The van der Waals surface area contributed by atoms with Crippen LogP contribution in [0.4, 0.5) is 10.7 Å². The lowest BCUT2D eigenvalue weighted by Gasteiger charge is -2.20. The number of rotatable bonds is 3. The molecule has 0 aromatic carbocycles. The Kier molecular flexibility index (Phi) is 3.17. The van der Waals surface area contributed by atoms with Crippen LogP contribution in [-0.4, -0.2) is 36.9 Å². The molecule has 2 aliphatic rings. The molecule has 1 aliphatic heterocycles. The molecule has 0 radical (unpaired) electrons. The van der Waals surface area contributed by atoms with Crippen LogP contribution in [0.1, 0.15) is 47.3 Å². The van der Waals surface area contributed by atoms with Crippen LogP contribution in [0.3, 0.4) is 0 Å². The molecule has 1 atom stereocenters. The minimum atomic E-state index is -0.662. The average Bonchev–Trinajstić information content (AvgIpc) is 3.08. The van der Waals surface area contributed by atoms with Crippen LogP contribution in [0.2, 0.25) is 0 Å². The van der Waals surface area contributed by atoms with Crippen LogP contribution < -0.4 is 10.6 Å². The number of nitrogens with two attached hydrogens (primary N) is 1. The predicted molar refractivity (Wildman–Crippen MR) is 79.5 cm³/mol. The van der Waals surface area contributed by atoms with Gasteiger partial charge in [-0.15, -0.1) is 11.3 Å². The molecule has 1 aromatic heterocycles. The lowest BCUT2D eigenvalue weighted by molar-refractivity contribution is 0.0607. The Bertz CT molecular complexity index is 549. The number of β-amino-alcohol motifs (C(OH)–C–C–N with tert-alkyl or cyclic N) is 1. The van der Waals surface area contributed by atoms with E-state index in [1.807, 2.05) is 6.92 Å². The minimum Gasteiger partial charge on any atom is -0.465 e. The quantitative estimate of drug-likeness (QED) is 0.834. The lowest BCUT2D eigenvalue weighted by atomic mass is 10.1. The molecule has 0 bridgehead atoms. The molecule has 20 heavy (non-hydrogen) atoms. The highest BCUT2D eigenvalue weighted by molar-refractivity contribution is 7.18. The number of carbonyl (C=O) groups excluding carboxylic acids is 1. The summed E-state index contributed by atoms with van der Waals surface area (Å²) in [6.45, 7) is 3.24. The van der Waals surface area contributed by atoms with E-state index in [-0.39, 0.29) is 5.97 Å². The number of nitrogens with zero attached hydrogens (tertiary/aromatic N) is 1. The van der Waals surface area contributed by atoms with Crippen molar-refractivity contribution in [1.29, 1.82) is 0 Å². The molecule has 3 rings (SSSR count). The maximum Gasteiger partial charge on any atom is 0.350 e. The zero-order chi connectivity index (χ0) is 14.5. The van der Waals surface area contributed by atoms with E-state index < -0.39 is 5.60 Å². The second kappa shape index (κ2) is 4.63. The van der Waals surface area contributed by atoms with Crippen molar-refractivity contribution >= 4 is 28.0 Å². The average molecular weight is 296 g/mol. The summed E-state index contributed by atoms with van der Waals surface area (Å²) in [7, 11) is 1.37. The molecular weight excluding hydrogens is 276 g/mol. The molecule has 1 aliphatic carbocycles. The summed E-state index contributed by atoms with van der Waals surface area (Å²) in [6, 6.07) is 0. The van der Waals surface area contributed by atoms with Crippen molar-refractivity contribution in [2.24, 2.45) is 0 Å². The van der Waals surface area contributed by atoms with Crippen LogP contribution in [0.5, 0.6) is 0 Å². The number of methoxy groups -OCH3 is 1. The fourth-order valence-corrected chi connectivity index (χ4v) is 4.06. The van der Waals surface area contributed by atoms with Gasteiger partial charge >= 0.3 is 5.97 Å². The zero-order valence-electron chi connectivity index (χ0n) is 11.8. The molecule has 0 amide bonds. The van der Waals surface area contributed by atoms with Gasteiger partial charge in [-0.2, -0.15) is 0 Å². The van der Waals surface area contributed by atoms with Crippen LogP contribution in [0.15, 0.2) is 0 Å². The fourth-order valence-electron chi connectivity index (χ4n) is 2.81. The monoisotopic (exact) mass is 296 g/mol. The van der Waals surface area contributed by atoms with Gasteiger partial charge < -0.3 is 20.5 Å². The molecule has 1 saturated heterocycles. The second-order valence-electron chi connectivity index (χ2n) is 6.00. The van der Waals surface area contributed by atoms with Gasteiger partial charge in [0.25, 0.3) is 0 Å². The van der Waals surface area contributed by atoms with E-state index in [4.69, 9.17) is 10.5 Å². The van der Waals surface area contributed by atoms with E-state index in [1.54, 1.807) is 0 Å². The highest BCUT2D eigenvalue weighted by Crippen LogP contribution is 2.52. The first-order chi connectivity index (χ1) is 9.43.